The molecule has 0 aliphatic carbocycles. The minimum absolute atomic E-state index is 0.218. The second-order valence-corrected chi connectivity index (χ2v) is 2.30. The van der Waals surface area contributed by atoms with Crippen molar-refractivity contribution in [2.24, 2.45) is 5.73 Å². The molecule has 0 bridgehead atoms. The highest BCUT2D eigenvalue weighted by atomic mass is 16.1. The Labute approximate surface area is 55.6 Å². The standard InChI is InChI=1S/C5H9BN2O/c6-8-3-1-2-4(8)5(7)9/h4H,1-3H2,(H2,7,9). The summed E-state index contributed by atoms with van der Waals surface area (Å²) in [5.41, 5.74) is 5.03. The van der Waals surface area contributed by atoms with E-state index in [9.17, 15) is 4.79 Å². The number of hydrogen-bond acceptors (Lipinski definition) is 2. The van der Waals surface area contributed by atoms with Gasteiger partial charge in [0.1, 0.15) is 0 Å². The van der Waals surface area contributed by atoms with Crippen molar-refractivity contribution in [1.82, 2.24) is 4.81 Å². The average Bonchev–Trinajstić information content (AvgIpc) is 2.13. The Hall–Kier alpha value is -0.505. The molecule has 1 fully saturated rings. The molecule has 9 heavy (non-hydrogen) atoms. The third-order valence-electron chi connectivity index (χ3n) is 1.62. The molecule has 1 atom stereocenters. The molecule has 48 valence electrons. The van der Waals surface area contributed by atoms with E-state index in [4.69, 9.17) is 13.7 Å². The van der Waals surface area contributed by atoms with Crippen LogP contribution in [0.15, 0.2) is 0 Å². The molecule has 1 heterocycles. The van der Waals surface area contributed by atoms with E-state index in [1.54, 1.807) is 0 Å². The van der Waals surface area contributed by atoms with Gasteiger partial charge in [-0.25, -0.2) is 0 Å². The first-order valence-corrected chi connectivity index (χ1v) is 3.02. The highest BCUT2D eigenvalue weighted by Gasteiger charge is 2.24. The Kier molecular flexibility index (Phi) is 1.76. The van der Waals surface area contributed by atoms with Crippen molar-refractivity contribution < 1.29 is 4.79 Å². The molecule has 1 rings (SSSR count). The van der Waals surface area contributed by atoms with Gasteiger partial charge in [-0.15, -0.1) is 0 Å². The molecule has 2 radical (unpaired) electrons. The zero-order chi connectivity index (χ0) is 6.85. The quantitative estimate of drug-likeness (QED) is 0.456. The first-order chi connectivity index (χ1) is 4.22. The van der Waals surface area contributed by atoms with E-state index in [2.05, 4.69) is 0 Å². The lowest BCUT2D eigenvalue weighted by molar-refractivity contribution is -0.120. The summed E-state index contributed by atoms with van der Waals surface area (Å²) < 4.78 is 0. The van der Waals surface area contributed by atoms with Crippen LogP contribution in [0.2, 0.25) is 0 Å². The minimum atomic E-state index is -0.310. The number of amides is 1. The van der Waals surface area contributed by atoms with Gasteiger partial charge in [-0.2, -0.15) is 0 Å². The molecule has 0 saturated carbocycles. The van der Waals surface area contributed by atoms with E-state index in [1.807, 2.05) is 0 Å². The van der Waals surface area contributed by atoms with Crippen molar-refractivity contribution >= 4 is 13.9 Å². The van der Waals surface area contributed by atoms with Crippen molar-refractivity contribution in [1.29, 1.82) is 0 Å². The summed E-state index contributed by atoms with van der Waals surface area (Å²) in [6.07, 6.45) is 1.79. The highest BCUT2D eigenvalue weighted by molar-refractivity contribution is 6.06. The van der Waals surface area contributed by atoms with E-state index in [0.29, 0.717) is 0 Å². The minimum Gasteiger partial charge on any atom is -0.368 e. The van der Waals surface area contributed by atoms with Gasteiger partial charge in [-0.3, -0.25) is 4.79 Å². The number of hydrogen-bond donors (Lipinski definition) is 1. The van der Waals surface area contributed by atoms with Gasteiger partial charge in [0.2, 0.25) is 5.91 Å². The Bertz CT molecular complexity index is 128. The predicted molar refractivity (Wildman–Crippen MR) is 34.7 cm³/mol. The molecular weight excluding hydrogens is 115 g/mol. The molecular formula is C5H9BN2O. The van der Waals surface area contributed by atoms with E-state index in [-0.39, 0.29) is 11.9 Å². The fraction of sp³-hybridized carbons (Fsp3) is 0.800. The largest absolute Gasteiger partial charge is 0.368 e. The maximum Gasteiger partial charge on any atom is 0.233 e. The molecule has 1 aliphatic rings. The number of nitrogens with two attached hydrogens (primary N) is 1. The van der Waals surface area contributed by atoms with Crippen LogP contribution < -0.4 is 5.73 Å². The lowest BCUT2D eigenvalue weighted by atomic mass is 10.2. The normalized spacial score (nSPS) is 28.7. The van der Waals surface area contributed by atoms with Crippen LogP contribution in [0.4, 0.5) is 0 Å². The topological polar surface area (TPSA) is 46.3 Å². The highest BCUT2D eigenvalue weighted by Crippen LogP contribution is 2.12. The molecule has 0 aromatic carbocycles. The van der Waals surface area contributed by atoms with Gasteiger partial charge < -0.3 is 10.5 Å². The SMILES string of the molecule is [B]N1CCCC1C(N)=O. The lowest BCUT2D eigenvalue weighted by Crippen LogP contribution is -2.38. The number of rotatable bonds is 1. The molecule has 1 saturated heterocycles. The fourth-order valence-corrected chi connectivity index (χ4v) is 1.09. The van der Waals surface area contributed by atoms with Crippen molar-refractivity contribution in [2.75, 3.05) is 6.54 Å². The van der Waals surface area contributed by atoms with E-state index in [1.165, 1.54) is 4.81 Å². The Morgan fingerprint density at radius 3 is 2.67 bits per heavy atom. The molecule has 1 unspecified atom stereocenters. The summed E-state index contributed by atoms with van der Waals surface area (Å²) >= 11 is 0. The van der Waals surface area contributed by atoms with Gasteiger partial charge in [0.05, 0.1) is 6.04 Å². The van der Waals surface area contributed by atoms with E-state index in [0.717, 1.165) is 19.4 Å². The molecule has 0 spiro atoms. The average molecular weight is 124 g/mol. The number of nitrogens with zero attached hydrogens (tertiary/aromatic N) is 1. The lowest BCUT2D eigenvalue weighted by Gasteiger charge is -2.15. The van der Waals surface area contributed by atoms with Gasteiger partial charge in [-0.1, -0.05) is 0 Å². The summed E-state index contributed by atoms with van der Waals surface area (Å²) in [6, 6.07) is -0.218. The maximum absolute atomic E-state index is 10.5. The summed E-state index contributed by atoms with van der Waals surface area (Å²) in [7, 11) is 5.41. The molecule has 4 heteroatoms. The fourth-order valence-electron chi connectivity index (χ4n) is 1.09. The smallest absolute Gasteiger partial charge is 0.233 e. The van der Waals surface area contributed by atoms with Crippen molar-refractivity contribution in [3.05, 3.63) is 0 Å². The van der Waals surface area contributed by atoms with Crippen LogP contribution in [0.5, 0.6) is 0 Å². The van der Waals surface area contributed by atoms with Gasteiger partial charge in [-0.05, 0) is 19.4 Å². The van der Waals surface area contributed by atoms with Gasteiger partial charge >= 0.3 is 0 Å². The van der Waals surface area contributed by atoms with Gasteiger partial charge in [0, 0.05) is 0 Å². The molecule has 0 aromatic heterocycles. The number of carbonyl (C=O) groups is 1. The second-order valence-electron chi connectivity index (χ2n) is 2.30. The van der Waals surface area contributed by atoms with Crippen LogP contribution in [0.1, 0.15) is 12.8 Å². The number of primary amides is 1. The first kappa shape index (κ1) is 6.61. The van der Waals surface area contributed by atoms with Crippen molar-refractivity contribution in [2.45, 2.75) is 18.9 Å². The third-order valence-corrected chi connectivity index (χ3v) is 1.62. The van der Waals surface area contributed by atoms with Gasteiger partial charge in [0.15, 0.2) is 7.98 Å². The second kappa shape index (κ2) is 2.39. The van der Waals surface area contributed by atoms with Crippen LogP contribution in [0, 0.1) is 0 Å². The molecule has 1 amide bonds. The van der Waals surface area contributed by atoms with Crippen molar-refractivity contribution in [3.63, 3.8) is 0 Å². The van der Waals surface area contributed by atoms with Crippen LogP contribution in [0.25, 0.3) is 0 Å². The summed E-state index contributed by atoms with van der Waals surface area (Å²) in [4.78, 5) is 12.0. The number of carbonyl (C=O) groups excluding carboxylic acids is 1. The summed E-state index contributed by atoms with van der Waals surface area (Å²) in [6.45, 7) is 0.785. The van der Waals surface area contributed by atoms with Crippen molar-refractivity contribution in [3.8, 4) is 0 Å². The summed E-state index contributed by atoms with van der Waals surface area (Å²) in [5.74, 6) is -0.310. The predicted octanol–water partition coefficient (Wildman–Crippen LogP) is -0.980. The third kappa shape index (κ3) is 1.24. The molecule has 1 aliphatic heterocycles. The van der Waals surface area contributed by atoms with Crippen LogP contribution in [0.3, 0.4) is 0 Å². The molecule has 2 N–H and O–H groups in total. The van der Waals surface area contributed by atoms with Crippen LogP contribution in [-0.4, -0.2) is 31.3 Å². The van der Waals surface area contributed by atoms with Crippen LogP contribution in [-0.2, 0) is 4.79 Å². The van der Waals surface area contributed by atoms with Gasteiger partial charge in [0.25, 0.3) is 0 Å². The Morgan fingerprint density at radius 2 is 2.44 bits per heavy atom. The molecule has 0 aromatic rings. The maximum atomic E-state index is 10.5. The Morgan fingerprint density at radius 1 is 1.78 bits per heavy atom. The molecule has 3 nitrogen and oxygen atoms in total. The van der Waals surface area contributed by atoms with E-state index >= 15 is 0 Å². The first-order valence-electron chi connectivity index (χ1n) is 3.02. The van der Waals surface area contributed by atoms with Crippen LogP contribution >= 0.6 is 0 Å². The zero-order valence-electron chi connectivity index (χ0n) is 5.21. The van der Waals surface area contributed by atoms with E-state index < -0.39 is 0 Å². The zero-order valence-corrected chi connectivity index (χ0v) is 5.21. The summed E-state index contributed by atoms with van der Waals surface area (Å²) in [5, 5.41) is 0. The monoisotopic (exact) mass is 124 g/mol. The Balaban J connectivity index is 2.49.